The quantitative estimate of drug-likeness (QED) is 0.455. The van der Waals surface area contributed by atoms with E-state index < -0.39 is 5.97 Å². The molecule has 0 fully saturated rings. The third kappa shape index (κ3) is 31.2. The number of hydrogen-bond acceptors (Lipinski definition) is 3. The lowest BCUT2D eigenvalue weighted by Gasteiger charge is -1.79. The second-order valence-corrected chi connectivity index (χ2v) is 0.609. The third-order valence-electron chi connectivity index (χ3n) is 0.166. The van der Waals surface area contributed by atoms with Crippen molar-refractivity contribution in [3.8, 4) is 0 Å². The molecule has 0 heterocycles. The van der Waals surface area contributed by atoms with Crippen LogP contribution in [0.25, 0.3) is 0 Å². The highest BCUT2D eigenvalue weighted by atomic mass is 16.7. The van der Waals surface area contributed by atoms with Gasteiger partial charge in [-0.3, -0.25) is 4.79 Å². The third-order valence-corrected chi connectivity index (χ3v) is 0.166. The fourth-order valence-corrected chi connectivity index (χ4v) is 0. The van der Waals surface area contributed by atoms with E-state index in [2.05, 4.69) is 10.7 Å². The van der Waals surface area contributed by atoms with Crippen molar-refractivity contribution in [1.82, 2.24) is 0 Å². The van der Waals surface area contributed by atoms with Gasteiger partial charge < -0.3 is 4.84 Å². The summed E-state index contributed by atoms with van der Waals surface area (Å²) in [5.41, 5.74) is 0. The summed E-state index contributed by atoms with van der Waals surface area (Å²) in [6.07, 6.45) is 0. The number of carbonyl (C=O) groups is 1. The van der Waals surface area contributed by atoms with E-state index in [4.69, 9.17) is 0 Å². The van der Waals surface area contributed by atoms with Gasteiger partial charge in [0, 0.05) is 6.92 Å². The van der Waals surface area contributed by atoms with Gasteiger partial charge in [-0.2, -0.15) is 5.90 Å². The number of hydrogen-bond donors (Lipinski definition) is 1. The second-order valence-electron chi connectivity index (χ2n) is 0.609. The summed E-state index contributed by atoms with van der Waals surface area (Å²) in [6, 6.07) is 0. The molecule has 0 spiro atoms. The molecule has 44 valence electrons. The Hall–Kier alpha value is -0.570. The zero-order valence-corrected chi connectivity index (χ0v) is 4.89. The van der Waals surface area contributed by atoms with Gasteiger partial charge in [0.2, 0.25) is 0 Å². The summed E-state index contributed by atoms with van der Waals surface area (Å²) in [5, 5.41) is 0. The fourth-order valence-electron chi connectivity index (χ4n) is 0. The molecule has 0 aromatic rings. The van der Waals surface area contributed by atoms with Gasteiger partial charge in [0.15, 0.2) is 0 Å². The molecule has 0 amide bonds. The molecule has 0 saturated carbocycles. The van der Waals surface area contributed by atoms with Crippen molar-refractivity contribution in [1.29, 1.82) is 0 Å². The minimum Gasteiger partial charge on any atom is -0.374 e. The molecule has 7 heavy (non-hydrogen) atoms. The molecule has 3 heteroatoms. The van der Waals surface area contributed by atoms with E-state index in [0.717, 1.165) is 0 Å². The largest absolute Gasteiger partial charge is 0.374 e. The van der Waals surface area contributed by atoms with Crippen molar-refractivity contribution >= 4 is 5.97 Å². The van der Waals surface area contributed by atoms with Gasteiger partial charge in [0.05, 0.1) is 0 Å². The van der Waals surface area contributed by atoms with Crippen molar-refractivity contribution < 1.29 is 9.63 Å². The zero-order valence-electron chi connectivity index (χ0n) is 4.89. The first-order valence-corrected chi connectivity index (χ1v) is 2.14. The predicted molar refractivity (Wildman–Crippen MR) is 27.3 cm³/mol. The fraction of sp³-hybridized carbons (Fsp3) is 0.750. The summed E-state index contributed by atoms with van der Waals surface area (Å²) in [7, 11) is 0. The molecule has 0 aromatic carbocycles. The number of carbonyl (C=O) groups excluding carboxylic acids is 1. The molecule has 0 atom stereocenters. The maximum atomic E-state index is 9.47. The summed E-state index contributed by atoms with van der Waals surface area (Å²) in [6.45, 7) is 5.24. The molecule has 0 saturated heterocycles. The van der Waals surface area contributed by atoms with Crippen LogP contribution in [0.15, 0.2) is 0 Å². The average Bonchev–Trinajstić information content (AvgIpc) is 1.73. The average molecular weight is 105 g/mol. The minimum absolute atomic E-state index is 0.468. The Morgan fingerprint density at radius 2 is 1.71 bits per heavy atom. The minimum atomic E-state index is -0.468. The van der Waals surface area contributed by atoms with Crippen LogP contribution in [-0.2, 0) is 9.63 Å². The van der Waals surface area contributed by atoms with Gasteiger partial charge in [-0.15, -0.1) is 0 Å². The van der Waals surface area contributed by atoms with Crippen LogP contribution in [0.2, 0.25) is 0 Å². The van der Waals surface area contributed by atoms with E-state index in [0.29, 0.717) is 0 Å². The highest BCUT2D eigenvalue weighted by Gasteiger charge is 1.77. The predicted octanol–water partition coefficient (Wildman–Crippen LogP) is 0.449. The van der Waals surface area contributed by atoms with Gasteiger partial charge in [0.1, 0.15) is 0 Å². The highest BCUT2D eigenvalue weighted by Crippen LogP contribution is 1.55. The summed E-state index contributed by atoms with van der Waals surface area (Å²) in [5.74, 6) is 3.85. The topological polar surface area (TPSA) is 52.3 Å². The monoisotopic (exact) mass is 105 g/mol. The van der Waals surface area contributed by atoms with Crippen LogP contribution in [0.5, 0.6) is 0 Å². The SMILES string of the molecule is CC.CC(=O)ON. The number of nitrogens with two attached hydrogens (primary N) is 1. The van der Waals surface area contributed by atoms with Crippen molar-refractivity contribution in [3.05, 3.63) is 0 Å². The Morgan fingerprint density at radius 3 is 1.71 bits per heavy atom. The molecule has 0 aliphatic heterocycles. The molecule has 0 aliphatic rings. The van der Waals surface area contributed by atoms with Crippen LogP contribution in [0, 0.1) is 0 Å². The molecule has 0 aromatic heterocycles. The molecule has 0 unspecified atom stereocenters. The lowest BCUT2D eigenvalue weighted by Crippen LogP contribution is -2.03. The van der Waals surface area contributed by atoms with Gasteiger partial charge >= 0.3 is 5.97 Å². The van der Waals surface area contributed by atoms with E-state index >= 15 is 0 Å². The molecule has 0 radical (unpaired) electrons. The van der Waals surface area contributed by atoms with Crippen LogP contribution in [0.1, 0.15) is 20.8 Å². The lowest BCUT2D eigenvalue weighted by molar-refractivity contribution is -0.141. The van der Waals surface area contributed by atoms with Gasteiger partial charge in [-0.25, -0.2) is 0 Å². The maximum absolute atomic E-state index is 9.47. The Kier molecular flexibility index (Phi) is 12.5. The first kappa shape index (κ1) is 9.66. The van der Waals surface area contributed by atoms with Gasteiger partial charge in [-0.1, -0.05) is 13.8 Å². The molecule has 0 bridgehead atoms. The molecule has 0 aliphatic carbocycles. The Labute approximate surface area is 43.4 Å². The highest BCUT2D eigenvalue weighted by molar-refractivity contribution is 5.65. The molecule has 0 rings (SSSR count). The van der Waals surface area contributed by atoms with Crippen LogP contribution in [0.4, 0.5) is 0 Å². The lowest BCUT2D eigenvalue weighted by atomic mass is 10.8. The second kappa shape index (κ2) is 9.06. The normalized spacial score (nSPS) is 5.71. The van der Waals surface area contributed by atoms with Gasteiger partial charge in [0.25, 0.3) is 0 Å². The molecular formula is C4H11NO2. The first-order valence-electron chi connectivity index (χ1n) is 2.14. The van der Waals surface area contributed by atoms with E-state index in [1.54, 1.807) is 0 Å². The van der Waals surface area contributed by atoms with Crippen LogP contribution in [0.3, 0.4) is 0 Å². The summed E-state index contributed by atoms with van der Waals surface area (Å²) >= 11 is 0. The van der Waals surface area contributed by atoms with Crippen molar-refractivity contribution in [2.75, 3.05) is 0 Å². The van der Waals surface area contributed by atoms with E-state index in [-0.39, 0.29) is 0 Å². The summed E-state index contributed by atoms with van der Waals surface area (Å²) in [4.78, 5) is 13.1. The molecule has 2 N–H and O–H groups in total. The van der Waals surface area contributed by atoms with Crippen molar-refractivity contribution in [2.24, 2.45) is 5.90 Å². The van der Waals surface area contributed by atoms with E-state index in [9.17, 15) is 4.79 Å². The van der Waals surface area contributed by atoms with Crippen molar-refractivity contribution in [3.63, 3.8) is 0 Å². The smallest absolute Gasteiger partial charge is 0.321 e. The molecular weight excluding hydrogens is 94.0 g/mol. The Bertz CT molecular complexity index is 45.0. The van der Waals surface area contributed by atoms with Crippen LogP contribution >= 0.6 is 0 Å². The Morgan fingerprint density at radius 1 is 1.57 bits per heavy atom. The maximum Gasteiger partial charge on any atom is 0.321 e. The standard InChI is InChI=1S/C2H5NO2.C2H6/c1-2(4)5-3;1-2/h3H2,1H3;1-2H3. The number of rotatable bonds is 0. The van der Waals surface area contributed by atoms with Gasteiger partial charge in [-0.05, 0) is 0 Å². The van der Waals surface area contributed by atoms with Crippen LogP contribution in [-0.4, -0.2) is 5.97 Å². The van der Waals surface area contributed by atoms with E-state index in [1.165, 1.54) is 6.92 Å². The van der Waals surface area contributed by atoms with Crippen molar-refractivity contribution in [2.45, 2.75) is 20.8 Å². The first-order chi connectivity index (χ1) is 3.27. The molecule has 3 nitrogen and oxygen atoms in total. The van der Waals surface area contributed by atoms with E-state index in [1.807, 2.05) is 13.8 Å². The summed E-state index contributed by atoms with van der Waals surface area (Å²) < 4.78 is 0. The zero-order chi connectivity index (χ0) is 6.28. The Balaban J connectivity index is 0. The van der Waals surface area contributed by atoms with Crippen LogP contribution < -0.4 is 5.90 Å².